The van der Waals surface area contributed by atoms with Gasteiger partial charge in [-0.25, -0.2) is 4.98 Å². The number of halogens is 1. The van der Waals surface area contributed by atoms with Crippen LogP contribution in [0.15, 0.2) is 18.3 Å². The molecule has 0 saturated heterocycles. The van der Waals surface area contributed by atoms with E-state index in [9.17, 15) is 9.90 Å². The monoisotopic (exact) mass is 268 g/mol. The van der Waals surface area contributed by atoms with E-state index in [-0.39, 0.29) is 12.5 Å². The third-order valence-corrected chi connectivity index (χ3v) is 3.77. The number of hydrogen-bond donors (Lipinski definition) is 2. The van der Waals surface area contributed by atoms with Crippen molar-refractivity contribution in [2.45, 2.75) is 19.3 Å². The fraction of sp³-hybridized carbons (Fsp3) is 0.538. The lowest BCUT2D eigenvalue weighted by Crippen LogP contribution is -2.31. The Morgan fingerprint density at radius 1 is 1.50 bits per heavy atom. The summed E-state index contributed by atoms with van der Waals surface area (Å²) in [5.41, 5.74) is 0.522. The Kier molecular flexibility index (Phi) is 4.55. The third kappa shape index (κ3) is 3.21. The van der Waals surface area contributed by atoms with Crippen LogP contribution in [0.25, 0.3) is 0 Å². The number of hydrogen-bond acceptors (Lipinski definition) is 3. The Bertz CT molecular complexity index is 425. The molecule has 0 aromatic carbocycles. The van der Waals surface area contributed by atoms with Gasteiger partial charge in [0.2, 0.25) is 0 Å². The first kappa shape index (κ1) is 13.3. The molecule has 2 unspecified atom stereocenters. The second-order valence-electron chi connectivity index (χ2n) is 4.71. The predicted octanol–water partition coefficient (Wildman–Crippen LogP) is 1.87. The van der Waals surface area contributed by atoms with Crippen LogP contribution in [0, 0.1) is 11.8 Å². The Labute approximate surface area is 111 Å². The molecule has 1 saturated carbocycles. The predicted molar refractivity (Wildman–Crippen MR) is 69.5 cm³/mol. The van der Waals surface area contributed by atoms with E-state index in [4.69, 9.17) is 11.6 Å². The SMILES string of the molecule is O=C(NCC1CCCC1CO)c1ccnc(Cl)c1. The minimum Gasteiger partial charge on any atom is -0.396 e. The zero-order valence-corrected chi connectivity index (χ0v) is 10.9. The molecule has 1 aromatic rings. The van der Waals surface area contributed by atoms with Gasteiger partial charge in [0, 0.05) is 24.9 Å². The van der Waals surface area contributed by atoms with Crippen LogP contribution in [0.5, 0.6) is 0 Å². The van der Waals surface area contributed by atoms with Gasteiger partial charge in [-0.15, -0.1) is 0 Å². The van der Waals surface area contributed by atoms with Crippen LogP contribution in [0.2, 0.25) is 5.15 Å². The molecule has 5 heteroatoms. The van der Waals surface area contributed by atoms with Gasteiger partial charge in [-0.3, -0.25) is 4.79 Å². The Balaban J connectivity index is 1.88. The summed E-state index contributed by atoms with van der Waals surface area (Å²) in [4.78, 5) is 15.7. The maximum Gasteiger partial charge on any atom is 0.251 e. The highest BCUT2D eigenvalue weighted by molar-refractivity contribution is 6.29. The van der Waals surface area contributed by atoms with Crippen molar-refractivity contribution in [3.63, 3.8) is 0 Å². The van der Waals surface area contributed by atoms with Gasteiger partial charge in [0.1, 0.15) is 5.15 Å². The van der Waals surface area contributed by atoms with E-state index < -0.39 is 0 Å². The number of aliphatic hydroxyl groups excluding tert-OH is 1. The van der Waals surface area contributed by atoms with E-state index in [1.54, 1.807) is 12.1 Å². The fourth-order valence-corrected chi connectivity index (χ4v) is 2.67. The summed E-state index contributed by atoms with van der Waals surface area (Å²) in [6, 6.07) is 3.19. The summed E-state index contributed by atoms with van der Waals surface area (Å²) in [7, 11) is 0. The van der Waals surface area contributed by atoms with Crippen molar-refractivity contribution in [1.29, 1.82) is 0 Å². The van der Waals surface area contributed by atoms with E-state index in [0.29, 0.717) is 29.1 Å². The summed E-state index contributed by atoms with van der Waals surface area (Å²) in [6.45, 7) is 0.825. The highest BCUT2D eigenvalue weighted by Crippen LogP contribution is 2.30. The van der Waals surface area contributed by atoms with Crippen LogP contribution in [0.4, 0.5) is 0 Å². The molecule has 1 aromatic heterocycles. The minimum atomic E-state index is -0.136. The largest absolute Gasteiger partial charge is 0.396 e. The number of rotatable bonds is 4. The number of nitrogens with one attached hydrogen (secondary N) is 1. The summed E-state index contributed by atoms with van der Waals surface area (Å²) >= 11 is 5.74. The molecule has 18 heavy (non-hydrogen) atoms. The lowest BCUT2D eigenvalue weighted by Gasteiger charge is -2.17. The molecule has 0 spiro atoms. The Morgan fingerprint density at radius 3 is 3.00 bits per heavy atom. The van der Waals surface area contributed by atoms with Gasteiger partial charge in [0.15, 0.2) is 0 Å². The molecular weight excluding hydrogens is 252 g/mol. The second-order valence-corrected chi connectivity index (χ2v) is 5.10. The Hall–Kier alpha value is -1.13. The number of carbonyl (C=O) groups is 1. The van der Waals surface area contributed by atoms with Crippen molar-refractivity contribution in [3.05, 3.63) is 29.0 Å². The van der Waals surface area contributed by atoms with Crippen LogP contribution in [0.1, 0.15) is 29.6 Å². The van der Waals surface area contributed by atoms with E-state index in [2.05, 4.69) is 10.3 Å². The van der Waals surface area contributed by atoms with Crippen LogP contribution in [-0.2, 0) is 0 Å². The van der Waals surface area contributed by atoms with Crippen LogP contribution in [-0.4, -0.2) is 29.1 Å². The summed E-state index contributed by atoms with van der Waals surface area (Å²) in [6.07, 6.45) is 4.77. The fourth-order valence-electron chi connectivity index (χ4n) is 2.49. The first-order valence-electron chi connectivity index (χ1n) is 6.21. The van der Waals surface area contributed by atoms with Gasteiger partial charge in [-0.1, -0.05) is 18.0 Å². The van der Waals surface area contributed by atoms with Gasteiger partial charge in [-0.05, 0) is 36.8 Å². The van der Waals surface area contributed by atoms with Crippen LogP contribution < -0.4 is 5.32 Å². The van der Waals surface area contributed by atoms with Gasteiger partial charge >= 0.3 is 0 Å². The molecule has 0 aliphatic heterocycles. The number of pyridine rings is 1. The van der Waals surface area contributed by atoms with E-state index in [1.807, 2.05) is 0 Å². The molecule has 1 aliphatic carbocycles. The molecule has 1 heterocycles. The average molecular weight is 269 g/mol. The first-order valence-corrected chi connectivity index (χ1v) is 6.59. The highest BCUT2D eigenvalue weighted by Gasteiger charge is 2.26. The van der Waals surface area contributed by atoms with Crippen molar-refractivity contribution >= 4 is 17.5 Å². The number of nitrogens with zero attached hydrogens (tertiary/aromatic N) is 1. The molecule has 1 aliphatic rings. The normalized spacial score (nSPS) is 23.0. The third-order valence-electron chi connectivity index (χ3n) is 3.56. The van der Waals surface area contributed by atoms with Crippen molar-refractivity contribution in [2.24, 2.45) is 11.8 Å². The van der Waals surface area contributed by atoms with Crippen molar-refractivity contribution in [2.75, 3.05) is 13.2 Å². The Morgan fingerprint density at radius 2 is 2.28 bits per heavy atom. The second kappa shape index (κ2) is 6.16. The molecule has 0 radical (unpaired) electrons. The molecular formula is C13H17ClN2O2. The average Bonchev–Trinajstić information content (AvgIpc) is 2.83. The molecule has 98 valence electrons. The smallest absolute Gasteiger partial charge is 0.251 e. The molecule has 2 rings (SSSR count). The zero-order chi connectivity index (χ0) is 13.0. The van der Waals surface area contributed by atoms with Crippen LogP contribution in [0.3, 0.4) is 0 Å². The highest BCUT2D eigenvalue weighted by atomic mass is 35.5. The minimum absolute atomic E-state index is 0.136. The van der Waals surface area contributed by atoms with E-state index in [0.717, 1.165) is 19.3 Å². The number of carbonyl (C=O) groups excluding carboxylic acids is 1. The number of aromatic nitrogens is 1. The van der Waals surface area contributed by atoms with Gasteiger partial charge < -0.3 is 10.4 Å². The zero-order valence-electron chi connectivity index (χ0n) is 10.1. The number of aliphatic hydroxyl groups is 1. The summed E-state index contributed by atoms with van der Waals surface area (Å²) in [5.74, 6) is 0.575. The first-order chi connectivity index (χ1) is 8.70. The lowest BCUT2D eigenvalue weighted by atomic mass is 9.97. The molecule has 0 bridgehead atoms. The topological polar surface area (TPSA) is 62.2 Å². The van der Waals surface area contributed by atoms with E-state index >= 15 is 0 Å². The lowest BCUT2D eigenvalue weighted by molar-refractivity contribution is 0.0937. The van der Waals surface area contributed by atoms with Gasteiger partial charge in [0.05, 0.1) is 0 Å². The quantitative estimate of drug-likeness (QED) is 0.820. The molecule has 1 fully saturated rings. The van der Waals surface area contributed by atoms with Crippen molar-refractivity contribution < 1.29 is 9.90 Å². The van der Waals surface area contributed by atoms with Crippen molar-refractivity contribution in [1.82, 2.24) is 10.3 Å². The molecule has 1 amide bonds. The summed E-state index contributed by atoms with van der Waals surface area (Å²) in [5, 5.41) is 12.4. The molecule has 2 N–H and O–H groups in total. The maximum absolute atomic E-state index is 11.9. The molecule has 4 nitrogen and oxygen atoms in total. The van der Waals surface area contributed by atoms with Gasteiger partial charge in [-0.2, -0.15) is 0 Å². The maximum atomic E-state index is 11.9. The standard InChI is InChI=1S/C13H17ClN2O2/c14-12-6-9(4-5-15-12)13(18)16-7-10-2-1-3-11(10)8-17/h4-6,10-11,17H,1-3,7-8H2,(H,16,18). The van der Waals surface area contributed by atoms with Gasteiger partial charge in [0.25, 0.3) is 5.91 Å². The molecule has 2 atom stereocenters. The number of amides is 1. The summed E-state index contributed by atoms with van der Waals surface area (Å²) < 4.78 is 0. The van der Waals surface area contributed by atoms with Crippen LogP contribution >= 0.6 is 11.6 Å². The van der Waals surface area contributed by atoms with Crippen molar-refractivity contribution in [3.8, 4) is 0 Å². The van der Waals surface area contributed by atoms with E-state index in [1.165, 1.54) is 6.20 Å².